The molecule has 8 heteroatoms. The number of hydrogen-bond acceptors (Lipinski definition) is 7. The predicted octanol–water partition coefficient (Wildman–Crippen LogP) is 1.89. The highest BCUT2D eigenvalue weighted by Crippen LogP contribution is 2.24. The molecule has 25 heavy (non-hydrogen) atoms. The summed E-state index contributed by atoms with van der Waals surface area (Å²) in [5, 5.41) is 0.783. The zero-order chi connectivity index (χ0) is 18.0. The van der Waals surface area contributed by atoms with Crippen LogP contribution in [-0.2, 0) is 4.74 Å². The molecule has 0 spiro atoms. The van der Waals surface area contributed by atoms with E-state index in [4.69, 9.17) is 4.74 Å². The van der Waals surface area contributed by atoms with Gasteiger partial charge in [-0.15, -0.1) is 0 Å². The minimum Gasteiger partial charge on any atom is -0.444 e. The maximum absolute atomic E-state index is 12.2. The molecule has 0 atom stereocenters. The van der Waals surface area contributed by atoms with E-state index >= 15 is 0 Å². The van der Waals surface area contributed by atoms with E-state index in [1.54, 1.807) is 17.2 Å². The molecule has 132 valence electrons. The van der Waals surface area contributed by atoms with Gasteiger partial charge in [0.25, 0.3) is 0 Å². The molecule has 0 aliphatic carbocycles. The van der Waals surface area contributed by atoms with E-state index in [0.717, 1.165) is 11.2 Å². The summed E-state index contributed by atoms with van der Waals surface area (Å²) in [4.78, 5) is 39.7. The van der Waals surface area contributed by atoms with Gasteiger partial charge in [-0.2, -0.15) is 0 Å². The fourth-order valence-corrected chi connectivity index (χ4v) is 2.76. The van der Waals surface area contributed by atoms with Gasteiger partial charge in [0.05, 0.1) is 0 Å². The van der Waals surface area contributed by atoms with Crippen molar-refractivity contribution in [2.75, 3.05) is 31.1 Å². The van der Waals surface area contributed by atoms with Gasteiger partial charge in [-0.25, -0.2) is 14.8 Å². The standard InChI is InChI=1S/C17H21N5O3/c1-17(2,3)25-16(24)22-8-6-21(7-9-22)15-12-4-5-18-13(10-23)14(12)19-11-20-15/h4-5,10-11H,6-9H2,1-3H3. The number of ether oxygens (including phenoxy) is 1. The van der Waals surface area contributed by atoms with Crippen LogP contribution in [0.3, 0.4) is 0 Å². The molecule has 0 saturated carbocycles. The van der Waals surface area contributed by atoms with Crippen LogP contribution in [0.5, 0.6) is 0 Å². The highest BCUT2D eigenvalue weighted by molar-refractivity contribution is 5.98. The van der Waals surface area contributed by atoms with Crippen molar-refractivity contribution in [3.63, 3.8) is 0 Å². The number of rotatable bonds is 2. The van der Waals surface area contributed by atoms with Crippen LogP contribution in [-0.4, -0.2) is 64.0 Å². The summed E-state index contributed by atoms with van der Waals surface area (Å²) >= 11 is 0. The van der Waals surface area contributed by atoms with E-state index in [2.05, 4.69) is 19.9 Å². The van der Waals surface area contributed by atoms with E-state index in [9.17, 15) is 9.59 Å². The lowest BCUT2D eigenvalue weighted by Crippen LogP contribution is -2.50. The topological polar surface area (TPSA) is 88.5 Å². The highest BCUT2D eigenvalue weighted by atomic mass is 16.6. The second-order valence-corrected chi connectivity index (χ2v) is 6.86. The van der Waals surface area contributed by atoms with Crippen molar-refractivity contribution in [2.24, 2.45) is 0 Å². The summed E-state index contributed by atoms with van der Waals surface area (Å²) in [5.74, 6) is 0.749. The van der Waals surface area contributed by atoms with Gasteiger partial charge >= 0.3 is 6.09 Å². The van der Waals surface area contributed by atoms with Crippen molar-refractivity contribution in [2.45, 2.75) is 26.4 Å². The second kappa shape index (κ2) is 6.62. The number of aromatic nitrogens is 3. The average molecular weight is 343 g/mol. The predicted molar refractivity (Wildman–Crippen MR) is 92.7 cm³/mol. The summed E-state index contributed by atoms with van der Waals surface area (Å²) in [6, 6.07) is 1.80. The Hall–Kier alpha value is -2.77. The zero-order valence-corrected chi connectivity index (χ0v) is 14.6. The Morgan fingerprint density at radius 1 is 1.16 bits per heavy atom. The third-order valence-electron chi connectivity index (χ3n) is 3.90. The molecule has 1 aliphatic heterocycles. The Morgan fingerprint density at radius 2 is 1.88 bits per heavy atom. The van der Waals surface area contributed by atoms with Crippen molar-refractivity contribution in [3.8, 4) is 0 Å². The van der Waals surface area contributed by atoms with Crippen LogP contribution in [0.2, 0.25) is 0 Å². The number of carbonyl (C=O) groups is 2. The Morgan fingerprint density at radius 3 is 2.52 bits per heavy atom. The first-order valence-electron chi connectivity index (χ1n) is 8.17. The van der Waals surface area contributed by atoms with Crippen molar-refractivity contribution >= 4 is 29.1 Å². The van der Waals surface area contributed by atoms with E-state index < -0.39 is 5.60 Å². The number of pyridine rings is 1. The summed E-state index contributed by atoms with van der Waals surface area (Å²) < 4.78 is 5.41. The number of piperazine rings is 1. The summed E-state index contributed by atoms with van der Waals surface area (Å²) in [5.41, 5.74) is 0.334. The van der Waals surface area contributed by atoms with E-state index in [1.807, 2.05) is 20.8 Å². The first-order valence-corrected chi connectivity index (χ1v) is 8.17. The van der Waals surface area contributed by atoms with E-state index in [1.165, 1.54) is 6.33 Å². The molecule has 0 radical (unpaired) electrons. The molecule has 1 fully saturated rings. The molecule has 3 heterocycles. The molecular weight excluding hydrogens is 322 g/mol. The first kappa shape index (κ1) is 17.1. The number of aldehydes is 1. The first-order chi connectivity index (χ1) is 11.9. The van der Waals surface area contributed by atoms with Crippen LogP contribution in [0.15, 0.2) is 18.6 Å². The number of amides is 1. The Kier molecular flexibility index (Phi) is 4.52. The second-order valence-electron chi connectivity index (χ2n) is 6.86. The average Bonchev–Trinajstić information content (AvgIpc) is 2.59. The molecule has 8 nitrogen and oxygen atoms in total. The maximum atomic E-state index is 12.2. The van der Waals surface area contributed by atoms with Gasteiger partial charge in [-0.1, -0.05) is 0 Å². The zero-order valence-electron chi connectivity index (χ0n) is 14.6. The van der Waals surface area contributed by atoms with Gasteiger partial charge in [-0.3, -0.25) is 9.78 Å². The van der Waals surface area contributed by atoms with Gasteiger partial charge in [0.2, 0.25) is 0 Å². The number of anilines is 1. The molecule has 0 N–H and O–H groups in total. The lowest BCUT2D eigenvalue weighted by molar-refractivity contribution is 0.0240. The van der Waals surface area contributed by atoms with E-state index in [0.29, 0.717) is 43.7 Å². The van der Waals surface area contributed by atoms with Crippen LogP contribution in [0.25, 0.3) is 10.9 Å². The number of carbonyl (C=O) groups excluding carboxylic acids is 2. The summed E-state index contributed by atoms with van der Waals surface area (Å²) in [7, 11) is 0. The number of fused-ring (bicyclic) bond motifs is 1. The van der Waals surface area contributed by atoms with Crippen LogP contribution in [0.1, 0.15) is 31.3 Å². The minimum absolute atomic E-state index is 0.299. The monoisotopic (exact) mass is 343 g/mol. The third-order valence-corrected chi connectivity index (χ3v) is 3.90. The molecule has 1 amide bonds. The number of hydrogen-bond donors (Lipinski definition) is 0. The lowest BCUT2D eigenvalue weighted by atomic mass is 10.2. The molecule has 2 aromatic rings. The maximum Gasteiger partial charge on any atom is 0.410 e. The lowest BCUT2D eigenvalue weighted by Gasteiger charge is -2.36. The van der Waals surface area contributed by atoms with Crippen molar-refractivity contribution in [3.05, 3.63) is 24.3 Å². The Labute approximate surface area is 145 Å². The molecule has 0 unspecified atom stereocenters. The molecule has 0 aromatic carbocycles. The van der Waals surface area contributed by atoms with Crippen LogP contribution >= 0.6 is 0 Å². The minimum atomic E-state index is -0.505. The van der Waals surface area contributed by atoms with Crippen molar-refractivity contribution < 1.29 is 14.3 Å². The Balaban J connectivity index is 1.77. The normalized spacial score (nSPS) is 15.3. The van der Waals surface area contributed by atoms with Crippen LogP contribution < -0.4 is 4.90 Å². The van der Waals surface area contributed by atoms with Crippen molar-refractivity contribution in [1.82, 2.24) is 19.9 Å². The van der Waals surface area contributed by atoms with Crippen LogP contribution in [0, 0.1) is 0 Å². The SMILES string of the molecule is CC(C)(C)OC(=O)N1CCN(c2ncnc3c(C=O)nccc23)CC1. The molecule has 2 aromatic heterocycles. The molecule has 3 rings (SSSR count). The molecule has 1 aliphatic rings. The largest absolute Gasteiger partial charge is 0.444 e. The third kappa shape index (κ3) is 3.67. The smallest absolute Gasteiger partial charge is 0.410 e. The highest BCUT2D eigenvalue weighted by Gasteiger charge is 2.27. The number of nitrogens with zero attached hydrogens (tertiary/aromatic N) is 5. The molecule has 1 saturated heterocycles. The summed E-state index contributed by atoms with van der Waals surface area (Å²) in [6.45, 7) is 7.92. The van der Waals surface area contributed by atoms with E-state index in [-0.39, 0.29) is 6.09 Å². The van der Waals surface area contributed by atoms with Crippen LogP contribution in [0.4, 0.5) is 10.6 Å². The fourth-order valence-electron chi connectivity index (χ4n) is 2.76. The van der Waals surface area contributed by atoms with Gasteiger partial charge in [0, 0.05) is 37.8 Å². The molecular formula is C17H21N5O3. The van der Waals surface area contributed by atoms with Gasteiger partial charge < -0.3 is 14.5 Å². The van der Waals surface area contributed by atoms with Gasteiger partial charge in [-0.05, 0) is 26.8 Å². The Bertz CT molecular complexity index is 794. The summed E-state index contributed by atoms with van der Waals surface area (Å²) in [6.07, 6.45) is 3.41. The fraction of sp³-hybridized carbons (Fsp3) is 0.471. The van der Waals surface area contributed by atoms with Gasteiger partial charge in [0.1, 0.15) is 29.0 Å². The van der Waals surface area contributed by atoms with Gasteiger partial charge in [0.15, 0.2) is 6.29 Å². The van der Waals surface area contributed by atoms with Crippen molar-refractivity contribution in [1.29, 1.82) is 0 Å². The quantitative estimate of drug-likeness (QED) is 0.769. The molecule has 0 bridgehead atoms.